The zero-order valence-electron chi connectivity index (χ0n) is 9.17. The van der Waals surface area contributed by atoms with Gasteiger partial charge in [-0.25, -0.2) is 0 Å². The van der Waals surface area contributed by atoms with Crippen molar-refractivity contribution in [2.24, 2.45) is 0 Å². The second-order valence-corrected chi connectivity index (χ2v) is 3.91. The van der Waals surface area contributed by atoms with Gasteiger partial charge >= 0.3 is 0 Å². The normalized spacial score (nSPS) is 10.6. The van der Waals surface area contributed by atoms with Gasteiger partial charge in [-0.15, -0.1) is 0 Å². The number of anilines is 1. The minimum absolute atomic E-state index is 0.688. The first-order chi connectivity index (χ1) is 8.38. The van der Waals surface area contributed by atoms with Crippen molar-refractivity contribution in [3.63, 3.8) is 0 Å². The Morgan fingerprint density at radius 1 is 0.941 bits per heavy atom. The Bertz CT molecular complexity index is 644. The number of para-hydroxylation sites is 1. The summed E-state index contributed by atoms with van der Waals surface area (Å²) in [5.74, 6) is 0. The molecule has 84 valence electrons. The van der Waals surface area contributed by atoms with E-state index >= 15 is 0 Å². The third-order valence-corrected chi connectivity index (χ3v) is 2.86. The lowest BCUT2D eigenvalue weighted by molar-refractivity contribution is 0.389. The van der Waals surface area contributed by atoms with E-state index in [1.807, 2.05) is 42.6 Å². The predicted molar refractivity (Wildman–Crippen MR) is 68.7 cm³/mol. The van der Waals surface area contributed by atoms with Gasteiger partial charge in [-0.05, 0) is 30.3 Å². The van der Waals surface area contributed by atoms with Gasteiger partial charge in [0.05, 0.1) is 11.2 Å². The molecular formula is C14H12N2O. The van der Waals surface area contributed by atoms with Crippen LogP contribution in [0.2, 0.25) is 0 Å². The van der Waals surface area contributed by atoms with E-state index in [9.17, 15) is 0 Å². The van der Waals surface area contributed by atoms with Crippen molar-refractivity contribution < 1.29 is 5.21 Å². The van der Waals surface area contributed by atoms with E-state index in [4.69, 9.17) is 5.21 Å². The van der Waals surface area contributed by atoms with Crippen molar-refractivity contribution in [3.8, 4) is 5.69 Å². The second kappa shape index (κ2) is 3.96. The van der Waals surface area contributed by atoms with Crippen LogP contribution in [-0.2, 0) is 0 Å². The van der Waals surface area contributed by atoms with Crippen LogP contribution < -0.4 is 5.48 Å². The topological polar surface area (TPSA) is 37.2 Å². The molecule has 3 nitrogen and oxygen atoms in total. The smallest absolute Gasteiger partial charge is 0.0623 e. The lowest BCUT2D eigenvalue weighted by atomic mass is 10.2. The minimum atomic E-state index is 0.688. The van der Waals surface area contributed by atoms with Gasteiger partial charge in [-0.3, -0.25) is 10.7 Å². The Hall–Kier alpha value is -2.26. The molecule has 0 spiro atoms. The van der Waals surface area contributed by atoms with Crippen LogP contribution in [0.25, 0.3) is 16.6 Å². The molecule has 0 saturated carbocycles. The molecule has 3 heteroatoms. The molecule has 0 fully saturated rings. The van der Waals surface area contributed by atoms with Crippen molar-refractivity contribution in [1.82, 2.24) is 4.57 Å². The first-order valence-corrected chi connectivity index (χ1v) is 5.45. The van der Waals surface area contributed by atoms with E-state index in [0.717, 1.165) is 16.6 Å². The molecule has 17 heavy (non-hydrogen) atoms. The van der Waals surface area contributed by atoms with E-state index < -0.39 is 0 Å². The van der Waals surface area contributed by atoms with Crippen LogP contribution in [-0.4, -0.2) is 9.77 Å². The summed E-state index contributed by atoms with van der Waals surface area (Å²) in [4.78, 5) is 0. The Labute approximate surface area is 98.9 Å². The van der Waals surface area contributed by atoms with Crippen LogP contribution in [0.4, 0.5) is 5.69 Å². The van der Waals surface area contributed by atoms with Crippen LogP contribution in [0.1, 0.15) is 0 Å². The quantitative estimate of drug-likeness (QED) is 0.654. The molecule has 0 radical (unpaired) electrons. The van der Waals surface area contributed by atoms with Gasteiger partial charge in [-0.2, -0.15) is 0 Å². The third-order valence-electron chi connectivity index (χ3n) is 2.86. The summed E-state index contributed by atoms with van der Waals surface area (Å²) in [5.41, 5.74) is 5.04. The summed E-state index contributed by atoms with van der Waals surface area (Å²) in [5, 5.41) is 10.1. The highest BCUT2D eigenvalue weighted by atomic mass is 16.5. The molecule has 1 heterocycles. The fourth-order valence-corrected chi connectivity index (χ4v) is 2.01. The van der Waals surface area contributed by atoms with Gasteiger partial charge in [0.1, 0.15) is 0 Å². The highest BCUT2D eigenvalue weighted by Gasteiger charge is 2.03. The van der Waals surface area contributed by atoms with Crippen molar-refractivity contribution in [1.29, 1.82) is 0 Å². The van der Waals surface area contributed by atoms with E-state index in [-0.39, 0.29) is 0 Å². The van der Waals surface area contributed by atoms with Crippen molar-refractivity contribution in [2.75, 3.05) is 5.48 Å². The molecule has 0 atom stereocenters. The minimum Gasteiger partial charge on any atom is -0.316 e. The van der Waals surface area contributed by atoms with Gasteiger partial charge in [0.25, 0.3) is 0 Å². The van der Waals surface area contributed by atoms with Gasteiger partial charge in [-0.1, -0.05) is 24.3 Å². The van der Waals surface area contributed by atoms with Gasteiger partial charge in [0.15, 0.2) is 0 Å². The number of hydrogen-bond donors (Lipinski definition) is 2. The number of aromatic nitrogens is 1. The Morgan fingerprint density at radius 2 is 1.76 bits per heavy atom. The van der Waals surface area contributed by atoms with Crippen LogP contribution in [0.3, 0.4) is 0 Å². The van der Waals surface area contributed by atoms with E-state index in [1.165, 1.54) is 0 Å². The summed E-state index contributed by atoms with van der Waals surface area (Å²) in [6.07, 6.45) is 2.03. The molecule has 0 aliphatic heterocycles. The number of hydrogen-bond acceptors (Lipinski definition) is 2. The Kier molecular flexibility index (Phi) is 2.31. The molecule has 0 bridgehead atoms. The Balaban J connectivity index is 2.23. The first kappa shape index (κ1) is 9.93. The van der Waals surface area contributed by atoms with Crippen molar-refractivity contribution >= 4 is 16.6 Å². The van der Waals surface area contributed by atoms with Gasteiger partial charge in [0.2, 0.25) is 0 Å². The second-order valence-electron chi connectivity index (χ2n) is 3.91. The van der Waals surface area contributed by atoms with Crippen molar-refractivity contribution in [2.45, 2.75) is 0 Å². The fraction of sp³-hybridized carbons (Fsp3) is 0. The zero-order chi connectivity index (χ0) is 11.7. The molecule has 2 aromatic carbocycles. The van der Waals surface area contributed by atoms with E-state index in [0.29, 0.717) is 5.69 Å². The molecule has 0 aliphatic carbocycles. The lowest BCUT2D eigenvalue weighted by Crippen LogP contribution is -1.93. The molecule has 3 rings (SSSR count). The average molecular weight is 224 g/mol. The molecule has 0 aliphatic rings. The largest absolute Gasteiger partial charge is 0.316 e. The van der Waals surface area contributed by atoms with Crippen LogP contribution >= 0.6 is 0 Å². The highest BCUT2D eigenvalue weighted by Crippen LogP contribution is 2.23. The van der Waals surface area contributed by atoms with Gasteiger partial charge in [0, 0.05) is 17.3 Å². The molecular weight excluding hydrogens is 212 g/mol. The monoisotopic (exact) mass is 224 g/mol. The number of nitrogens with one attached hydrogen (secondary N) is 1. The van der Waals surface area contributed by atoms with E-state index in [2.05, 4.69) is 28.2 Å². The van der Waals surface area contributed by atoms with Crippen LogP contribution in [0, 0.1) is 0 Å². The van der Waals surface area contributed by atoms with E-state index in [1.54, 1.807) is 0 Å². The lowest BCUT2D eigenvalue weighted by Gasteiger charge is -2.06. The maximum atomic E-state index is 8.94. The fourth-order valence-electron chi connectivity index (χ4n) is 2.01. The number of rotatable bonds is 2. The number of benzene rings is 2. The maximum absolute atomic E-state index is 8.94. The zero-order valence-corrected chi connectivity index (χ0v) is 9.17. The number of fused-ring (bicyclic) bond motifs is 1. The third kappa shape index (κ3) is 1.66. The summed E-state index contributed by atoms with van der Waals surface area (Å²) in [6.45, 7) is 0. The maximum Gasteiger partial charge on any atom is 0.0623 e. The highest BCUT2D eigenvalue weighted by molar-refractivity contribution is 5.85. The van der Waals surface area contributed by atoms with Crippen LogP contribution in [0.15, 0.2) is 60.8 Å². The van der Waals surface area contributed by atoms with Gasteiger partial charge < -0.3 is 4.57 Å². The van der Waals surface area contributed by atoms with Crippen molar-refractivity contribution in [3.05, 3.63) is 60.8 Å². The molecule has 1 aromatic heterocycles. The number of nitrogens with zero attached hydrogens (tertiary/aromatic N) is 1. The summed E-state index contributed by atoms with van der Waals surface area (Å²) < 4.78 is 2.09. The van der Waals surface area contributed by atoms with Crippen LogP contribution in [0.5, 0.6) is 0 Å². The summed E-state index contributed by atoms with van der Waals surface area (Å²) in [6, 6.07) is 17.9. The molecule has 2 N–H and O–H groups in total. The standard InChI is InChI=1S/C14H12N2O/c17-15-12-7-6-11-8-9-16(14(11)10-12)13-4-2-1-3-5-13/h1-10,15,17H. The first-order valence-electron chi connectivity index (χ1n) is 5.45. The summed E-state index contributed by atoms with van der Waals surface area (Å²) in [7, 11) is 0. The average Bonchev–Trinajstić information content (AvgIpc) is 2.82. The molecule has 0 unspecified atom stereocenters. The Morgan fingerprint density at radius 3 is 2.53 bits per heavy atom. The molecule has 3 aromatic rings. The SMILES string of the molecule is ONc1ccc2ccn(-c3ccccc3)c2c1. The summed E-state index contributed by atoms with van der Waals surface area (Å²) >= 11 is 0. The molecule has 0 saturated heterocycles. The molecule has 0 amide bonds. The predicted octanol–water partition coefficient (Wildman–Crippen LogP) is 3.43.